The Morgan fingerprint density at radius 2 is 1.83 bits per heavy atom. The maximum Gasteiger partial charge on any atom is 0.257 e. The van der Waals surface area contributed by atoms with Crippen LogP contribution in [0.3, 0.4) is 0 Å². The second-order valence-corrected chi connectivity index (χ2v) is 7.29. The Morgan fingerprint density at radius 1 is 1.10 bits per heavy atom. The van der Waals surface area contributed by atoms with E-state index >= 15 is 0 Å². The standard InChI is InChI=1S/C23H25N3O4/c1-3-4-13-29-20-9-5-16(6-10-20)23-24-22(25-30-23)17-14-21(27)26(15-17)18-7-11-19(28-2)12-8-18/h5-12,17H,3-4,13-15H2,1-2H3/t17-/m0/s1. The number of amides is 1. The van der Waals surface area contributed by atoms with Crippen LogP contribution < -0.4 is 14.4 Å². The van der Waals surface area contributed by atoms with E-state index in [-0.39, 0.29) is 11.8 Å². The normalized spacial score (nSPS) is 16.1. The molecule has 1 atom stereocenters. The lowest BCUT2D eigenvalue weighted by molar-refractivity contribution is -0.117. The van der Waals surface area contributed by atoms with Crippen LogP contribution in [0.25, 0.3) is 11.5 Å². The number of methoxy groups -OCH3 is 1. The fourth-order valence-corrected chi connectivity index (χ4v) is 3.44. The van der Waals surface area contributed by atoms with Crippen LogP contribution >= 0.6 is 0 Å². The van der Waals surface area contributed by atoms with Gasteiger partial charge in [0, 0.05) is 30.1 Å². The zero-order valence-electron chi connectivity index (χ0n) is 17.2. The van der Waals surface area contributed by atoms with Gasteiger partial charge in [0.1, 0.15) is 11.5 Å². The molecule has 1 saturated heterocycles. The van der Waals surface area contributed by atoms with Crippen molar-refractivity contribution in [1.82, 2.24) is 10.1 Å². The van der Waals surface area contributed by atoms with Crippen LogP contribution in [0.1, 0.15) is 37.9 Å². The summed E-state index contributed by atoms with van der Waals surface area (Å²) in [6.45, 7) is 3.36. The molecule has 1 aliphatic rings. The van der Waals surface area contributed by atoms with Crippen molar-refractivity contribution in [3.63, 3.8) is 0 Å². The molecule has 2 aromatic carbocycles. The Kier molecular flexibility index (Phi) is 5.97. The zero-order valence-corrected chi connectivity index (χ0v) is 17.2. The number of unbranched alkanes of at least 4 members (excludes halogenated alkanes) is 1. The third-order valence-electron chi connectivity index (χ3n) is 5.18. The summed E-state index contributed by atoms with van der Waals surface area (Å²) < 4.78 is 16.3. The molecule has 0 spiro atoms. The zero-order chi connectivity index (χ0) is 20.9. The summed E-state index contributed by atoms with van der Waals surface area (Å²) in [4.78, 5) is 18.8. The second kappa shape index (κ2) is 8.98. The first-order valence-corrected chi connectivity index (χ1v) is 10.2. The molecular formula is C23H25N3O4. The molecule has 30 heavy (non-hydrogen) atoms. The van der Waals surface area contributed by atoms with E-state index in [4.69, 9.17) is 14.0 Å². The second-order valence-electron chi connectivity index (χ2n) is 7.29. The van der Waals surface area contributed by atoms with E-state index in [0.717, 1.165) is 35.6 Å². The van der Waals surface area contributed by atoms with E-state index in [2.05, 4.69) is 17.1 Å². The fraction of sp³-hybridized carbons (Fsp3) is 0.348. The van der Waals surface area contributed by atoms with Crippen molar-refractivity contribution in [3.05, 3.63) is 54.4 Å². The number of carbonyl (C=O) groups excluding carboxylic acids is 1. The van der Waals surface area contributed by atoms with E-state index in [1.807, 2.05) is 48.5 Å². The van der Waals surface area contributed by atoms with E-state index in [9.17, 15) is 4.79 Å². The number of ether oxygens (including phenoxy) is 2. The predicted octanol–water partition coefficient (Wildman–Crippen LogP) is 4.44. The third kappa shape index (κ3) is 4.30. The third-order valence-corrected chi connectivity index (χ3v) is 5.18. The first-order chi connectivity index (χ1) is 14.7. The van der Waals surface area contributed by atoms with Crippen LogP contribution in [-0.2, 0) is 4.79 Å². The molecule has 0 radical (unpaired) electrons. The van der Waals surface area contributed by atoms with E-state index in [1.54, 1.807) is 12.0 Å². The van der Waals surface area contributed by atoms with Crippen LogP contribution in [-0.4, -0.2) is 36.3 Å². The average Bonchev–Trinajstić information content (AvgIpc) is 3.42. The highest BCUT2D eigenvalue weighted by atomic mass is 16.5. The number of rotatable bonds is 8. The highest BCUT2D eigenvalue weighted by molar-refractivity contribution is 5.96. The fourth-order valence-electron chi connectivity index (χ4n) is 3.44. The molecule has 0 saturated carbocycles. The molecule has 1 fully saturated rings. The van der Waals surface area contributed by atoms with Gasteiger partial charge in [0.15, 0.2) is 5.82 Å². The number of carbonyl (C=O) groups is 1. The van der Waals surface area contributed by atoms with Gasteiger partial charge in [-0.25, -0.2) is 0 Å². The summed E-state index contributed by atoms with van der Waals surface area (Å²) in [7, 11) is 1.62. The van der Waals surface area contributed by atoms with Gasteiger partial charge in [-0.1, -0.05) is 18.5 Å². The highest BCUT2D eigenvalue weighted by Crippen LogP contribution is 2.32. The number of hydrogen-bond donors (Lipinski definition) is 0. The minimum Gasteiger partial charge on any atom is -0.497 e. The smallest absolute Gasteiger partial charge is 0.257 e. The van der Waals surface area contributed by atoms with Crippen LogP contribution in [0.4, 0.5) is 5.69 Å². The molecule has 0 N–H and O–H groups in total. The quantitative estimate of drug-likeness (QED) is 0.514. The van der Waals surface area contributed by atoms with Gasteiger partial charge >= 0.3 is 0 Å². The number of anilines is 1. The lowest BCUT2D eigenvalue weighted by atomic mass is 10.1. The van der Waals surface area contributed by atoms with Crippen molar-refractivity contribution in [2.75, 3.05) is 25.2 Å². The van der Waals surface area contributed by atoms with Crippen molar-refractivity contribution in [2.45, 2.75) is 32.1 Å². The number of hydrogen-bond acceptors (Lipinski definition) is 6. The van der Waals surface area contributed by atoms with Crippen LogP contribution in [0.15, 0.2) is 53.1 Å². The van der Waals surface area contributed by atoms with Gasteiger partial charge in [-0.05, 0) is 55.0 Å². The van der Waals surface area contributed by atoms with Gasteiger partial charge in [0.25, 0.3) is 5.89 Å². The number of nitrogens with zero attached hydrogens (tertiary/aromatic N) is 3. The molecule has 0 bridgehead atoms. The molecule has 156 valence electrons. The monoisotopic (exact) mass is 407 g/mol. The highest BCUT2D eigenvalue weighted by Gasteiger charge is 2.34. The first-order valence-electron chi connectivity index (χ1n) is 10.2. The van der Waals surface area contributed by atoms with Crippen LogP contribution in [0.2, 0.25) is 0 Å². The summed E-state index contributed by atoms with van der Waals surface area (Å²) in [5, 5.41) is 4.13. The maximum absolute atomic E-state index is 12.5. The minimum absolute atomic E-state index is 0.0464. The number of benzene rings is 2. The van der Waals surface area contributed by atoms with Crippen LogP contribution in [0.5, 0.6) is 11.5 Å². The Labute approximate surface area is 175 Å². The molecule has 3 aromatic rings. The predicted molar refractivity (Wildman–Crippen MR) is 113 cm³/mol. The largest absolute Gasteiger partial charge is 0.497 e. The summed E-state index contributed by atoms with van der Waals surface area (Å²) in [6, 6.07) is 15.1. The Morgan fingerprint density at radius 3 is 2.53 bits per heavy atom. The SMILES string of the molecule is CCCCOc1ccc(-c2nc([C@H]3CC(=O)N(c4ccc(OC)cc4)C3)no2)cc1. The first kappa shape index (κ1) is 19.9. The van der Waals surface area contributed by atoms with Crippen molar-refractivity contribution in [2.24, 2.45) is 0 Å². The lowest BCUT2D eigenvalue weighted by Crippen LogP contribution is -2.24. The molecule has 1 aromatic heterocycles. The van der Waals surface area contributed by atoms with Crippen molar-refractivity contribution < 1.29 is 18.8 Å². The summed E-state index contributed by atoms with van der Waals surface area (Å²) in [5.74, 6) is 2.52. The Bertz CT molecular complexity index is 982. The molecular weight excluding hydrogens is 382 g/mol. The van der Waals surface area contributed by atoms with Gasteiger partial charge < -0.3 is 18.9 Å². The molecule has 0 unspecified atom stereocenters. The topological polar surface area (TPSA) is 77.7 Å². The Balaban J connectivity index is 1.43. The average molecular weight is 407 g/mol. The maximum atomic E-state index is 12.5. The van der Waals surface area contributed by atoms with Gasteiger partial charge in [-0.2, -0.15) is 4.98 Å². The van der Waals surface area contributed by atoms with Gasteiger partial charge in [0.2, 0.25) is 5.91 Å². The summed E-state index contributed by atoms with van der Waals surface area (Å²) in [6.07, 6.45) is 2.49. The van der Waals surface area contributed by atoms with Gasteiger partial charge in [-0.3, -0.25) is 4.79 Å². The van der Waals surface area contributed by atoms with E-state index < -0.39 is 0 Å². The molecule has 4 rings (SSSR count). The molecule has 1 amide bonds. The lowest BCUT2D eigenvalue weighted by Gasteiger charge is -2.16. The summed E-state index contributed by atoms with van der Waals surface area (Å²) >= 11 is 0. The number of aromatic nitrogens is 2. The van der Waals surface area contributed by atoms with Gasteiger partial charge in [-0.15, -0.1) is 0 Å². The van der Waals surface area contributed by atoms with Crippen molar-refractivity contribution in [1.29, 1.82) is 0 Å². The molecule has 1 aliphatic heterocycles. The molecule has 7 nitrogen and oxygen atoms in total. The molecule has 0 aliphatic carbocycles. The van der Waals surface area contributed by atoms with Crippen molar-refractivity contribution >= 4 is 11.6 Å². The van der Waals surface area contributed by atoms with Crippen LogP contribution in [0, 0.1) is 0 Å². The molecule has 2 heterocycles. The Hall–Kier alpha value is -3.35. The molecule has 7 heteroatoms. The van der Waals surface area contributed by atoms with Crippen molar-refractivity contribution in [3.8, 4) is 23.0 Å². The summed E-state index contributed by atoms with van der Waals surface area (Å²) in [5.41, 5.74) is 1.67. The van der Waals surface area contributed by atoms with E-state index in [0.29, 0.717) is 31.3 Å². The van der Waals surface area contributed by atoms with Gasteiger partial charge in [0.05, 0.1) is 13.7 Å². The minimum atomic E-state index is -0.103. The van der Waals surface area contributed by atoms with E-state index in [1.165, 1.54) is 0 Å².